The second-order valence-corrected chi connectivity index (χ2v) is 21.8. The Morgan fingerprint density at radius 2 is 1.00 bits per heavy atom. The molecular formula is C66H56N2O. The van der Waals surface area contributed by atoms with Gasteiger partial charge in [-0.2, -0.15) is 0 Å². The highest BCUT2D eigenvalue weighted by atomic mass is 16.3. The number of furan rings is 1. The molecule has 0 fully saturated rings. The number of rotatable bonds is 6. The number of aromatic nitrogens is 1. The van der Waals surface area contributed by atoms with Crippen molar-refractivity contribution >= 4 is 60.8 Å². The highest BCUT2D eigenvalue weighted by Gasteiger charge is 2.57. The molecule has 0 radical (unpaired) electrons. The molecule has 11 aromatic rings. The molecule has 69 heavy (non-hydrogen) atoms. The van der Waals surface area contributed by atoms with Crippen LogP contribution in [0.2, 0.25) is 0 Å². The number of hydrogen-bond donors (Lipinski definition) is 0. The summed E-state index contributed by atoms with van der Waals surface area (Å²) in [5.74, 6) is 0. The Bertz CT molecular complexity index is 3880. The lowest BCUT2D eigenvalue weighted by Gasteiger charge is -2.44. The predicted octanol–water partition coefficient (Wildman–Crippen LogP) is 18.4. The minimum absolute atomic E-state index is 0.0209. The van der Waals surface area contributed by atoms with Gasteiger partial charge >= 0.3 is 0 Å². The van der Waals surface area contributed by atoms with Gasteiger partial charge in [0.05, 0.1) is 16.7 Å². The topological polar surface area (TPSA) is 21.3 Å². The van der Waals surface area contributed by atoms with Crippen LogP contribution >= 0.6 is 0 Å². The molecule has 0 spiro atoms. The largest absolute Gasteiger partial charge is 0.455 e. The van der Waals surface area contributed by atoms with E-state index < -0.39 is 0 Å². The first-order valence-corrected chi connectivity index (χ1v) is 24.6. The molecule has 0 unspecified atom stereocenters. The molecule has 2 heterocycles. The minimum atomic E-state index is -0.123. The minimum Gasteiger partial charge on any atom is -0.455 e. The van der Waals surface area contributed by atoms with Crippen LogP contribution in [0.4, 0.5) is 17.1 Å². The second kappa shape index (κ2) is 14.5. The molecule has 0 saturated heterocycles. The van der Waals surface area contributed by atoms with Gasteiger partial charge in [0, 0.05) is 55.1 Å². The fourth-order valence-corrected chi connectivity index (χ4v) is 12.5. The molecule has 3 nitrogen and oxygen atoms in total. The van der Waals surface area contributed by atoms with Gasteiger partial charge in [-0.05, 0) is 140 Å². The fraction of sp³-hybridized carbons (Fsp3) is 0.182. The van der Waals surface area contributed by atoms with Crippen molar-refractivity contribution in [2.75, 3.05) is 4.90 Å². The van der Waals surface area contributed by atoms with E-state index in [9.17, 15) is 0 Å². The van der Waals surface area contributed by atoms with Gasteiger partial charge in [-0.15, -0.1) is 0 Å². The van der Waals surface area contributed by atoms with E-state index >= 15 is 0 Å². The molecule has 0 amide bonds. The summed E-state index contributed by atoms with van der Waals surface area (Å²) in [4.78, 5) is 2.49. The van der Waals surface area contributed by atoms with E-state index in [1.165, 1.54) is 66.3 Å². The third kappa shape index (κ3) is 5.74. The van der Waals surface area contributed by atoms with E-state index in [1.807, 2.05) is 6.07 Å². The van der Waals surface area contributed by atoms with Crippen LogP contribution in [0.15, 0.2) is 199 Å². The Kier molecular flexibility index (Phi) is 8.70. The van der Waals surface area contributed by atoms with Gasteiger partial charge in [0.25, 0.3) is 0 Å². The van der Waals surface area contributed by atoms with E-state index in [-0.39, 0.29) is 21.7 Å². The Hall–Kier alpha value is -7.62. The van der Waals surface area contributed by atoms with Crippen molar-refractivity contribution in [1.82, 2.24) is 4.57 Å². The van der Waals surface area contributed by atoms with Crippen molar-refractivity contribution in [3.63, 3.8) is 0 Å². The van der Waals surface area contributed by atoms with Crippen molar-refractivity contribution in [1.29, 1.82) is 0 Å². The van der Waals surface area contributed by atoms with Gasteiger partial charge in [-0.1, -0.05) is 171 Å². The number of benzene rings is 9. The van der Waals surface area contributed by atoms with E-state index in [4.69, 9.17) is 4.42 Å². The first-order chi connectivity index (χ1) is 33.3. The van der Waals surface area contributed by atoms with E-state index in [0.717, 1.165) is 55.8 Å². The summed E-state index contributed by atoms with van der Waals surface area (Å²) in [5.41, 5.74) is 21.3. The lowest BCUT2D eigenvalue weighted by atomic mass is 9.59. The lowest BCUT2D eigenvalue weighted by Crippen LogP contribution is -2.42. The molecule has 0 aliphatic heterocycles. The predicted molar refractivity (Wildman–Crippen MR) is 291 cm³/mol. The van der Waals surface area contributed by atoms with Crippen molar-refractivity contribution < 1.29 is 4.42 Å². The Morgan fingerprint density at radius 1 is 0.391 bits per heavy atom. The van der Waals surface area contributed by atoms with Crippen LogP contribution < -0.4 is 4.90 Å². The maximum absolute atomic E-state index is 6.53. The average molecular weight is 893 g/mol. The third-order valence-electron chi connectivity index (χ3n) is 17.5. The molecule has 0 saturated carbocycles. The normalized spacial score (nSPS) is 16.0. The summed E-state index contributed by atoms with van der Waals surface area (Å²) in [6, 6.07) is 72.0. The number of nitrogens with zero attached hydrogens (tertiary/aromatic N) is 2. The number of para-hydroxylation sites is 4. The highest BCUT2D eigenvalue weighted by molar-refractivity contribution is 6.13. The SMILES string of the molecule is CC1(C)c2ccccc2-c2cc3c(cc21)c1cc(-c2cc4c(cc2N(c2ccccc2)c2ccc(-c5cccc6c5oc5ccccc56)cc2)C(C)(C)C(C)(C)C4(C)C)ccc1n3-c1ccccc1. The van der Waals surface area contributed by atoms with Gasteiger partial charge in [0.15, 0.2) is 0 Å². The zero-order chi connectivity index (χ0) is 47.2. The quantitative estimate of drug-likeness (QED) is 0.166. The van der Waals surface area contributed by atoms with E-state index in [1.54, 1.807) is 0 Å². The van der Waals surface area contributed by atoms with E-state index in [0.29, 0.717) is 0 Å². The molecule has 13 rings (SSSR count). The molecule has 0 N–H and O–H groups in total. The Balaban J connectivity index is 1.06. The monoisotopic (exact) mass is 892 g/mol. The summed E-state index contributed by atoms with van der Waals surface area (Å²) in [5, 5.41) is 4.80. The highest BCUT2D eigenvalue weighted by Crippen LogP contribution is 2.63. The molecule has 9 aromatic carbocycles. The smallest absolute Gasteiger partial charge is 0.143 e. The van der Waals surface area contributed by atoms with Gasteiger partial charge in [0.2, 0.25) is 0 Å². The zero-order valence-corrected chi connectivity index (χ0v) is 40.8. The maximum Gasteiger partial charge on any atom is 0.143 e. The van der Waals surface area contributed by atoms with Gasteiger partial charge in [0.1, 0.15) is 11.2 Å². The molecule has 0 bridgehead atoms. The second-order valence-electron chi connectivity index (χ2n) is 21.8. The summed E-state index contributed by atoms with van der Waals surface area (Å²) < 4.78 is 9.01. The molecular weight excluding hydrogens is 837 g/mol. The van der Waals surface area contributed by atoms with Crippen LogP contribution in [0.3, 0.4) is 0 Å². The summed E-state index contributed by atoms with van der Waals surface area (Å²) in [6.45, 7) is 19.5. The van der Waals surface area contributed by atoms with Gasteiger partial charge < -0.3 is 13.9 Å². The zero-order valence-electron chi connectivity index (χ0n) is 40.8. The van der Waals surface area contributed by atoms with Crippen LogP contribution in [0.25, 0.3) is 82.8 Å². The van der Waals surface area contributed by atoms with Crippen molar-refractivity contribution in [2.45, 2.75) is 71.6 Å². The standard InChI is InChI=1S/C66H56N2O/c1-63(2)54-28-17-15-24-47(54)51-39-59-53(38-55(51)63)52-36-42(32-35-58(52)68(59)44-22-13-10-14-23-44)50-37-56-57(65(5,6)66(7,8)64(56,3)4)40-60(50)67(43-20-11-9-12-21-43)45-33-30-41(31-34-45)46-26-19-27-49-48-25-16-18-29-61(48)69-62(46)49/h9-40H,1-8H3. The van der Waals surface area contributed by atoms with Gasteiger partial charge in [-0.25, -0.2) is 0 Å². The molecule has 3 heteroatoms. The molecule has 2 aliphatic rings. The molecule has 2 aliphatic carbocycles. The summed E-state index contributed by atoms with van der Waals surface area (Å²) >= 11 is 0. The number of hydrogen-bond acceptors (Lipinski definition) is 2. The van der Waals surface area contributed by atoms with Crippen molar-refractivity contribution in [3.8, 4) is 39.1 Å². The molecule has 0 atom stereocenters. The van der Waals surface area contributed by atoms with Crippen molar-refractivity contribution in [3.05, 3.63) is 216 Å². The summed E-state index contributed by atoms with van der Waals surface area (Å²) in [7, 11) is 0. The number of fused-ring (bicyclic) bond motifs is 10. The van der Waals surface area contributed by atoms with Crippen molar-refractivity contribution in [2.24, 2.45) is 5.41 Å². The lowest BCUT2D eigenvalue weighted by molar-refractivity contribution is 0.125. The molecule has 336 valence electrons. The summed E-state index contributed by atoms with van der Waals surface area (Å²) in [6.07, 6.45) is 0. The average Bonchev–Trinajstić information content (AvgIpc) is 4.01. The Labute approximate surface area is 405 Å². The fourth-order valence-electron chi connectivity index (χ4n) is 12.5. The Morgan fingerprint density at radius 3 is 1.77 bits per heavy atom. The van der Waals surface area contributed by atoms with Gasteiger partial charge in [-0.3, -0.25) is 0 Å². The first-order valence-electron chi connectivity index (χ1n) is 24.6. The van der Waals surface area contributed by atoms with Crippen LogP contribution in [0.5, 0.6) is 0 Å². The maximum atomic E-state index is 6.53. The van der Waals surface area contributed by atoms with Crippen LogP contribution in [0.1, 0.15) is 77.6 Å². The first kappa shape index (κ1) is 41.6. The van der Waals surface area contributed by atoms with Crippen LogP contribution in [0, 0.1) is 5.41 Å². The van der Waals surface area contributed by atoms with Crippen LogP contribution in [-0.4, -0.2) is 4.57 Å². The third-order valence-corrected chi connectivity index (χ3v) is 17.5. The van der Waals surface area contributed by atoms with E-state index in [2.05, 4.69) is 253 Å². The number of anilines is 3. The molecule has 2 aromatic heterocycles. The van der Waals surface area contributed by atoms with Crippen LogP contribution in [-0.2, 0) is 16.2 Å².